The summed E-state index contributed by atoms with van der Waals surface area (Å²) in [5, 5.41) is 1.93. The summed E-state index contributed by atoms with van der Waals surface area (Å²) in [4.78, 5) is 25.4. The second-order valence-corrected chi connectivity index (χ2v) is 7.74. The molecule has 6 heteroatoms. The average Bonchev–Trinajstić information content (AvgIpc) is 2.30. The van der Waals surface area contributed by atoms with Crippen molar-refractivity contribution in [2.75, 3.05) is 27.2 Å². The minimum absolute atomic E-state index is 0.111. The van der Waals surface area contributed by atoms with Crippen LogP contribution < -0.4 is 5.43 Å². The second kappa shape index (κ2) is 8.48. The Balaban J connectivity index is 4.25. The van der Waals surface area contributed by atoms with Crippen molar-refractivity contribution in [3.8, 4) is 0 Å². The first-order valence-electron chi connectivity index (χ1n) is 7.74. The number of carbonyl (C=O) groups excluding carboxylic acids is 2. The van der Waals surface area contributed by atoms with E-state index in [1.165, 1.54) is 0 Å². The van der Waals surface area contributed by atoms with Gasteiger partial charge in [-0.15, -0.1) is 0 Å². The van der Waals surface area contributed by atoms with Gasteiger partial charge in [-0.3, -0.25) is 15.0 Å². The van der Waals surface area contributed by atoms with Crippen LogP contribution in [0.2, 0.25) is 0 Å². The van der Waals surface area contributed by atoms with Crippen LogP contribution in [0.1, 0.15) is 54.4 Å². The van der Waals surface area contributed by atoms with E-state index in [2.05, 4.69) is 5.43 Å². The molecule has 0 heterocycles. The topological polar surface area (TPSA) is 61.9 Å². The number of amides is 1. The fraction of sp³-hybridized carbons (Fsp3) is 0.875. The van der Waals surface area contributed by atoms with E-state index in [1.54, 1.807) is 0 Å². The Morgan fingerprint density at radius 3 is 1.86 bits per heavy atom. The first-order chi connectivity index (χ1) is 9.84. The molecule has 0 spiro atoms. The number of rotatable bonds is 7. The molecule has 0 saturated heterocycles. The van der Waals surface area contributed by atoms with Gasteiger partial charge in [-0.05, 0) is 55.6 Å². The molecule has 22 heavy (non-hydrogen) atoms. The largest absolute Gasteiger partial charge is 0.465 e. The fourth-order valence-electron chi connectivity index (χ4n) is 2.17. The molecule has 0 rings (SSSR count). The molecule has 0 saturated carbocycles. The van der Waals surface area contributed by atoms with Crippen molar-refractivity contribution < 1.29 is 14.3 Å². The highest BCUT2D eigenvalue weighted by Crippen LogP contribution is 2.21. The third-order valence-corrected chi connectivity index (χ3v) is 2.93. The van der Waals surface area contributed by atoms with Gasteiger partial charge < -0.3 is 9.64 Å². The molecule has 0 radical (unpaired) electrons. The zero-order valence-corrected chi connectivity index (χ0v) is 15.4. The summed E-state index contributed by atoms with van der Waals surface area (Å²) in [6.45, 7) is 13.0. The lowest BCUT2D eigenvalue weighted by Gasteiger charge is -2.44. The van der Waals surface area contributed by atoms with Crippen molar-refractivity contribution >= 4 is 11.9 Å². The van der Waals surface area contributed by atoms with Gasteiger partial charge in [-0.2, -0.15) is 0 Å². The minimum atomic E-state index is -0.273. The smallest absolute Gasteiger partial charge is 0.307 e. The van der Waals surface area contributed by atoms with Crippen molar-refractivity contribution in [2.24, 2.45) is 0 Å². The Bertz CT molecular complexity index is 354. The summed E-state index contributed by atoms with van der Waals surface area (Å²) < 4.78 is 5.07. The third kappa shape index (κ3) is 9.00. The maximum atomic E-state index is 12.0. The molecule has 0 aromatic heterocycles. The van der Waals surface area contributed by atoms with Gasteiger partial charge in [0.15, 0.2) is 0 Å². The van der Waals surface area contributed by atoms with Crippen LogP contribution in [0.4, 0.5) is 0 Å². The van der Waals surface area contributed by atoms with Gasteiger partial charge >= 0.3 is 5.97 Å². The summed E-state index contributed by atoms with van der Waals surface area (Å²) in [5.74, 6) is -0.421. The Labute approximate surface area is 135 Å². The third-order valence-electron chi connectivity index (χ3n) is 2.93. The summed E-state index contributed by atoms with van der Waals surface area (Å²) in [6.07, 6.45) is 0.501. The Morgan fingerprint density at radius 1 is 0.955 bits per heavy atom. The number of esters is 1. The monoisotopic (exact) mass is 315 g/mol. The van der Waals surface area contributed by atoms with E-state index in [-0.39, 0.29) is 36.0 Å². The minimum Gasteiger partial charge on any atom is -0.465 e. The lowest BCUT2D eigenvalue weighted by atomic mass is 9.99. The maximum absolute atomic E-state index is 12.0. The van der Waals surface area contributed by atoms with E-state index < -0.39 is 0 Å². The van der Waals surface area contributed by atoms with Crippen LogP contribution in [-0.2, 0) is 14.3 Å². The van der Waals surface area contributed by atoms with Gasteiger partial charge in [0, 0.05) is 17.6 Å². The van der Waals surface area contributed by atoms with Crippen molar-refractivity contribution in [3.05, 3.63) is 0 Å². The summed E-state index contributed by atoms with van der Waals surface area (Å²) >= 11 is 0. The molecule has 0 fully saturated rings. The maximum Gasteiger partial charge on any atom is 0.307 e. The predicted molar refractivity (Wildman–Crippen MR) is 88.2 cm³/mol. The summed E-state index contributed by atoms with van der Waals surface area (Å²) in [7, 11) is 3.79. The van der Waals surface area contributed by atoms with Crippen LogP contribution in [0.25, 0.3) is 0 Å². The highest BCUT2D eigenvalue weighted by molar-refractivity contribution is 5.76. The number of nitrogens with one attached hydrogen (secondary N) is 1. The van der Waals surface area contributed by atoms with Gasteiger partial charge in [-0.25, -0.2) is 5.01 Å². The van der Waals surface area contributed by atoms with Crippen molar-refractivity contribution in [1.82, 2.24) is 15.3 Å². The molecule has 6 nitrogen and oxygen atoms in total. The Kier molecular flexibility index (Phi) is 8.04. The lowest BCUT2D eigenvalue weighted by Crippen LogP contribution is -2.61. The zero-order valence-electron chi connectivity index (χ0n) is 15.4. The summed E-state index contributed by atoms with van der Waals surface area (Å²) in [5.41, 5.74) is 2.52. The van der Waals surface area contributed by atoms with E-state index in [4.69, 9.17) is 4.74 Å². The number of ether oxygens (including phenoxy) is 1. The Hall–Kier alpha value is -1.14. The molecular formula is C16H33N3O3. The van der Waals surface area contributed by atoms with Crippen LogP contribution in [0.3, 0.4) is 0 Å². The van der Waals surface area contributed by atoms with Crippen molar-refractivity contribution in [2.45, 2.75) is 65.5 Å². The first kappa shape index (κ1) is 20.9. The van der Waals surface area contributed by atoms with Crippen molar-refractivity contribution in [1.29, 1.82) is 0 Å². The van der Waals surface area contributed by atoms with E-state index in [9.17, 15) is 9.59 Å². The second-order valence-electron chi connectivity index (χ2n) is 7.74. The van der Waals surface area contributed by atoms with Crippen LogP contribution in [-0.4, -0.2) is 60.1 Å². The molecule has 0 unspecified atom stereocenters. The highest BCUT2D eigenvalue weighted by Gasteiger charge is 2.32. The number of hydrogen-bond acceptors (Lipinski definition) is 5. The molecule has 0 atom stereocenters. The first-order valence-corrected chi connectivity index (χ1v) is 7.74. The van der Waals surface area contributed by atoms with Crippen LogP contribution in [0.15, 0.2) is 0 Å². The standard InChI is InChI=1S/C16H33N3O3/c1-15(2,3)19(16(4,5)6)17-13(20)10-12-22-14(21)9-11-18(7)8/h9-12H2,1-8H3,(H,17,20). The van der Waals surface area contributed by atoms with Crippen LogP contribution in [0, 0.1) is 0 Å². The van der Waals surface area contributed by atoms with Crippen LogP contribution in [0.5, 0.6) is 0 Å². The zero-order chi connectivity index (χ0) is 17.6. The lowest BCUT2D eigenvalue weighted by molar-refractivity contribution is -0.145. The molecule has 0 aromatic carbocycles. The molecule has 0 bridgehead atoms. The number of carbonyl (C=O) groups is 2. The Morgan fingerprint density at radius 2 is 1.45 bits per heavy atom. The predicted octanol–water partition coefficient (Wildman–Crippen LogP) is 1.80. The fourth-order valence-corrected chi connectivity index (χ4v) is 2.17. The van der Waals surface area contributed by atoms with Gasteiger partial charge in [-0.1, -0.05) is 0 Å². The van der Waals surface area contributed by atoms with Gasteiger partial charge in [0.25, 0.3) is 0 Å². The van der Waals surface area contributed by atoms with E-state index in [0.717, 1.165) is 0 Å². The molecule has 1 amide bonds. The summed E-state index contributed by atoms with van der Waals surface area (Å²) in [6, 6.07) is 0. The quantitative estimate of drug-likeness (QED) is 0.573. The van der Waals surface area contributed by atoms with E-state index in [1.807, 2.05) is 65.5 Å². The molecule has 0 aromatic rings. The number of nitrogens with zero attached hydrogens (tertiary/aromatic N) is 2. The number of hydrogen-bond donors (Lipinski definition) is 1. The molecular weight excluding hydrogens is 282 g/mol. The van der Waals surface area contributed by atoms with Gasteiger partial charge in [0.05, 0.1) is 12.8 Å². The average molecular weight is 315 g/mol. The van der Waals surface area contributed by atoms with Gasteiger partial charge in [0.2, 0.25) is 5.91 Å². The molecule has 0 aliphatic heterocycles. The van der Waals surface area contributed by atoms with Crippen molar-refractivity contribution in [3.63, 3.8) is 0 Å². The van der Waals surface area contributed by atoms with E-state index >= 15 is 0 Å². The van der Waals surface area contributed by atoms with Crippen LogP contribution >= 0.6 is 0 Å². The number of hydrazine groups is 1. The van der Waals surface area contributed by atoms with E-state index in [0.29, 0.717) is 13.0 Å². The molecule has 130 valence electrons. The highest BCUT2D eigenvalue weighted by atomic mass is 16.5. The SMILES string of the molecule is CN(C)CCC(=O)OCCC(=O)NN(C(C)(C)C)C(C)(C)C. The molecule has 1 N–H and O–H groups in total. The molecule has 0 aliphatic carbocycles. The normalized spacial score (nSPS) is 12.6. The van der Waals surface area contributed by atoms with Gasteiger partial charge in [0.1, 0.15) is 6.61 Å². The molecule has 0 aliphatic rings.